The fourth-order valence-corrected chi connectivity index (χ4v) is 5.04. The van der Waals surface area contributed by atoms with Gasteiger partial charge in [0.15, 0.2) is 0 Å². The maximum absolute atomic E-state index is 12.6. The molecule has 1 unspecified atom stereocenters. The molecule has 2 aliphatic carbocycles. The topological polar surface area (TPSA) is 41.6 Å². The summed E-state index contributed by atoms with van der Waals surface area (Å²) < 4.78 is 6.38. The number of allylic oxidation sites excluding steroid dienone is 2. The van der Waals surface area contributed by atoms with Crippen molar-refractivity contribution in [3.8, 4) is 5.75 Å². The number of amides is 1. The Bertz CT molecular complexity index is 895. The largest absolute Gasteiger partial charge is 0.484 e. The van der Waals surface area contributed by atoms with Crippen LogP contribution in [-0.2, 0) is 11.3 Å². The summed E-state index contributed by atoms with van der Waals surface area (Å²) in [7, 11) is 0. The summed E-state index contributed by atoms with van der Waals surface area (Å²) in [5.41, 5.74) is 2.39. The van der Waals surface area contributed by atoms with Crippen LogP contribution < -0.4 is 10.1 Å². The second kappa shape index (κ2) is 8.03. The number of ether oxygens (including phenoxy) is 1. The molecule has 2 bridgehead atoms. The summed E-state index contributed by atoms with van der Waals surface area (Å²) >= 11 is 0. The highest BCUT2D eigenvalue weighted by Crippen LogP contribution is 2.43. The van der Waals surface area contributed by atoms with Crippen LogP contribution in [0.25, 0.3) is 0 Å². The van der Waals surface area contributed by atoms with Gasteiger partial charge in [-0.3, -0.25) is 9.69 Å². The number of hydrogen-bond donors (Lipinski definition) is 1. The van der Waals surface area contributed by atoms with Gasteiger partial charge >= 0.3 is 0 Å². The van der Waals surface area contributed by atoms with Crippen molar-refractivity contribution in [2.45, 2.75) is 25.5 Å². The SMILES string of the molecule is O=C(NCCN1Cc2ccccc2OC(c2ccccc2)C1)[C@@H]1C[C@H]2C=C[C@@H]1C2. The van der Waals surface area contributed by atoms with E-state index in [0.717, 1.165) is 38.2 Å². The van der Waals surface area contributed by atoms with Crippen molar-refractivity contribution in [2.24, 2.45) is 17.8 Å². The van der Waals surface area contributed by atoms with E-state index < -0.39 is 0 Å². The number of nitrogens with one attached hydrogen (secondary N) is 1. The molecule has 0 radical (unpaired) electrons. The Labute approximate surface area is 172 Å². The van der Waals surface area contributed by atoms with Gasteiger partial charge in [0.2, 0.25) is 5.91 Å². The fourth-order valence-electron chi connectivity index (χ4n) is 5.04. The molecule has 1 aliphatic heterocycles. The Morgan fingerprint density at radius 3 is 2.66 bits per heavy atom. The monoisotopic (exact) mass is 388 g/mol. The van der Waals surface area contributed by atoms with E-state index in [4.69, 9.17) is 4.74 Å². The Balaban J connectivity index is 1.24. The molecule has 1 saturated carbocycles. The molecule has 29 heavy (non-hydrogen) atoms. The third-order valence-electron chi connectivity index (χ3n) is 6.57. The van der Waals surface area contributed by atoms with Gasteiger partial charge < -0.3 is 10.1 Å². The Kier molecular flexibility index (Phi) is 5.11. The molecule has 0 saturated heterocycles. The van der Waals surface area contributed by atoms with Crippen LogP contribution in [0.1, 0.15) is 30.1 Å². The molecule has 150 valence electrons. The first-order valence-corrected chi connectivity index (χ1v) is 10.7. The quantitative estimate of drug-likeness (QED) is 0.789. The van der Waals surface area contributed by atoms with Crippen LogP contribution in [-0.4, -0.2) is 30.4 Å². The summed E-state index contributed by atoms with van der Waals surface area (Å²) in [6.45, 7) is 3.15. The third kappa shape index (κ3) is 3.95. The van der Waals surface area contributed by atoms with E-state index in [-0.39, 0.29) is 17.9 Å². The van der Waals surface area contributed by atoms with Crippen molar-refractivity contribution in [1.29, 1.82) is 0 Å². The van der Waals surface area contributed by atoms with Crippen molar-refractivity contribution >= 4 is 5.91 Å². The number of carbonyl (C=O) groups is 1. The first-order chi connectivity index (χ1) is 14.3. The lowest BCUT2D eigenvalue weighted by molar-refractivity contribution is -0.125. The maximum atomic E-state index is 12.6. The minimum atomic E-state index is -0.00810. The summed E-state index contributed by atoms with van der Waals surface area (Å²) in [6, 6.07) is 18.7. The number of rotatable bonds is 5. The van der Waals surface area contributed by atoms with Crippen molar-refractivity contribution in [2.75, 3.05) is 19.6 Å². The molecular weight excluding hydrogens is 360 g/mol. The number of benzene rings is 2. The summed E-state index contributed by atoms with van der Waals surface area (Å²) in [4.78, 5) is 15.0. The second-order valence-corrected chi connectivity index (χ2v) is 8.54. The molecule has 4 heteroatoms. The number of nitrogens with zero attached hydrogens (tertiary/aromatic N) is 1. The first-order valence-electron chi connectivity index (χ1n) is 10.7. The van der Waals surface area contributed by atoms with Crippen LogP contribution in [0.15, 0.2) is 66.7 Å². The zero-order chi connectivity index (χ0) is 19.6. The van der Waals surface area contributed by atoms with Crippen LogP contribution in [0.5, 0.6) is 5.75 Å². The molecule has 4 atom stereocenters. The minimum Gasteiger partial charge on any atom is -0.484 e. The first kappa shape index (κ1) is 18.4. The molecule has 1 amide bonds. The van der Waals surface area contributed by atoms with E-state index in [9.17, 15) is 4.79 Å². The van der Waals surface area contributed by atoms with E-state index in [0.29, 0.717) is 18.4 Å². The van der Waals surface area contributed by atoms with Crippen molar-refractivity contribution < 1.29 is 9.53 Å². The lowest BCUT2D eigenvalue weighted by Gasteiger charge is -2.25. The van der Waals surface area contributed by atoms with Gasteiger partial charge in [0.1, 0.15) is 11.9 Å². The molecule has 4 nitrogen and oxygen atoms in total. The van der Waals surface area contributed by atoms with Gasteiger partial charge in [-0.05, 0) is 36.3 Å². The van der Waals surface area contributed by atoms with E-state index in [1.54, 1.807) is 0 Å². The third-order valence-corrected chi connectivity index (χ3v) is 6.57. The van der Waals surface area contributed by atoms with Crippen molar-refractivity contribution in [3.05, 3.63) is 77.9 Å². The van der Waals surface area contributed by atoms with E-state index in [1.165, 1.54) is 11.1 Å². The van der Waals surface area contributed by atoms with E-state index in [2.05, 4.69) is 64.8 Å². The van der Waals surface area contributed by atoms with E-state index >= 15 is 0 Å². The second-order valence-electron chi connectivity index (χ2n) is 8.54. The number of carbonyl (C=O) groups excluding carboxylic acids is 1. The van der Waals surface area contributed by atoms with Crippen LogP contribution in [0.3, 0.4) is 0 Å². The molecular formula is C25H28N2O2. The average molecular weight is 389 g/mol. The highest BCUT2D eigenvalue weighted by Gasteiger charge is 2.39. The zero-order valence-electron chi connectivity index (χ0n) is 16.7. The van der Waals surface area contributed by atoms with Gasteiger partial charge in [0.05, 0.1) is 0 Å². The number of fused-ring (bicyclic) bond motifs is 3. The summed E-state index contributed by atoms with van der Waals surface area (Å²) in [6.07, 6.45) is 6.70. The van der Waals surface area contributed by atoms with Gasteiger partial charge in [0.25, 0.3) is 0 Å². The minimum absolute atomic E-state index is 0.00810. The molecule has 1 fully saturated rings. The Morgan fingerprint density at radius 2 is 1.86 bits per heavy atom. The predicted molar refractivity (Wildman–Crippen MR) is 113 cm³/mol. The normalized spacial score (nSPS) is 27.9. The molecule has 1 N–H and O–H groups in total. The Morgan fingerprint density at radius 1 is 1.03 bits per heavy atom. The van der Waals surface area contributed by atoms with Gasteiger partial charge in [-0.15, -0.1) is 0 Å². The van der Waals surface area contributed by atoms with Crippen LogP contribution in [0.4, 0.5) is 0 Å². The highest BCUT2D eigenvalue weighted by molar-refractivity contribution is 5.79. The molecule has 2 aromatic rings. The van der Waals surface area contributed by atoms with Crippen LogP contribution in [0.2, 0.25) is 0 Å². The zero-order valence-corrected chi connectivity index (χ0v) is 16.7. The molecule has 0 aromatic heterocycles. The predicted octanol–water partition coefficient (Wildman–Crippen LogP) is 3.95. The molecule has 0 spiro atoms. The molecule has 3 aliphatic rings. The smallest absolute Gasteiger partial charge is 0.223 e. The fraction of sp³-hybridized carbons (Fsp3) is 0.400. The number of para-hydroxylation sites is 1. The average Bonchev–Trinajstić information content (AvgIpc) is 3.33. The standard InChI is InChI=1S/C25H28N2O2/c28-25(22-15-18-10-11-20(22)14-18)26-12-13-27-16-21-8-4-5-9-23(21)29-24(17-27)19-6-2-1-3-7-19/h1-11,18,20,22,24H,12-17H2,(H,26,28)/t18-,20+,22+,24?/m0/s1. The van der Waals surface area contributed by atoms with Gasteiger partial charge in [0, 0.05) is 37.7 Å². The molecule has 5 rings (SSSR count). The van der Waals surface area contributed by atoms with Crippen LogP contribution in [0, 0.1) is 17.8 Å². The van der Waals surface area contributed by atoms with E-state index in [1.807, 2.05) is 12.1 Å². The van der Waals surface area contributed by atoms with Crippen LogP contribution >= 0.6 is 0 Å². The highest BCUT2D eigenvalue weighted by atomic mass is 16.5. The van der Waals surface area contributed by atoms with Gasteiger partial charge in [-0.25, -0.2) is 0 Å². The maximum Gasteiger partial charge on any atom is 0.223 e. The molecule has 2 aromatic carbocycles. The lowest BCUT2D eigenvalue weighted by Crippen LogP contribution is -2.39. The summed E-state index contributed by atoms with van der Waals surface area (Å²) in [5, 5.41) is 3.20. The number of hydrogen-bond acceptors (Lipinski definition) is 3. The van der Waals surface area contributed by atoms with Crippen molar-refractivity contribution in [1.82, 2.24) is 10.2 Å². The van der Waals surface area contributed by atoms with Gasteiger partial charge in [-0.1, -0.05) is 60.7 Å². The summed E-state index contributed by atoms with van der Waals surface area (Å²) in [5.74, 6) is 2.45. The van der Waals surface area contributed by atoms with Crippen molar-refractivity contribution in [3.63, 3.8) is 0 Å². The lowest BCUT2D eigenvalue weighted by atomic mass is 9.93. The molecule has 1 heterocycles. The van der Waals surface area contributed by atoms with Gasteiger partial charge in [-0.2, -0.15) is 0 Å². The Hall–Kier alpha value is -2.59.